The van der Waals surface area contributed by atoms with E-state index in [0.29, 0.717) is 35.0 Å². The Morgan fingerprint density at radius 1 is 0.825 bits per heavy atom. The Morgan fingerprint density at radius 2 is 1.35 bits per heavy atom. The Hall–Kier alpha value is -1.72. The third-order valence-corrected chi connectivity index (χ3v) is 11.9. The fourth-order valence-corrected chi connectivity index (χ4v) is 9.89. The first-order chi connectivity index (χ1) is 18.8. The highest BCUT2D eigenvalue weighted by Gasteiger charge is 2.31. The van der Waals surface area contributed by atoms with Gasteiger partial charge >= 0.3 is 8.05 Å². The van der Waals surface area contributed by atoms with Crippen molar-refractivity contribution in [2.75, 3.05) is 24.7 Å². The van der Waals surface area contributed by atoms with Gasteiger partial charge < -0.3 is 9.39 Å². The van der Waals surface area contributed by atoms with Gasteiger partial charge in [-0.3, -0.25) is 4.79 Å². The molecule has 0 bridgehead atoms. The summed E-state index contributed by atoms with van der Waals surface area (Å²) in [5.74, 6) is 3.07. The van der Waals surface area contributed by atoms with E-state index in [4.69, 9.17) is 9.39 Å². The van der Waals surface area contributed by atoms with Gasteiger partial charge in [0.2, 0.25) is 0 Å². The summed E-state index contributed by atoms with van der Waals surface area (Å²) in [5.41, 5.74) is 0.690. The number of ether oxygens (including phenoxy) is 1. The van der Waals surface area contributed by atoms with Crippen molar-refractivity contribution in [2.45, 2.75) is 97.3 Å². The number of hydrogen-bond acceptors (Lipinski definition) is 3. The van der Waals surface area contributed by atoms with Crippen molar-refractivity contribution < 1.29 is 14.2 Å². The summed E-state index contributed by atoms with van der Waals surface area (Å²) >= 11 is 0. The largest absolute Gasteiger partial charge is 0.543 e. The molecule has 5 heteroatoms. The van der Waals surface area contributed by atoms with Crippen LogP contribution < -0.4 is 0 Å². The standard InChI is InChI=1S/C35H57BO3S/c1-28(24-34(3,4)5)20-21-30(29(2)25-35(6,7)8)26-38-22-15-23-40(27-33(37)39-36,31-16-11-9-12-17-31)32-18-13-10-14-19-32/h9-14,16-19,28-30H,15,20-27,36H2,1-8H3. The molecule has 0 N–H and O–H groups in total. The minimum atomic E-state index is -1.60. The molecule has 0 aromatic heterocycles. The molecule has 0 amide bonds. The number of carbonyl (C=O) groups is 1. The molecule has 0 spiro atoms. The fourth-order valence-electron chi connectivity index (χ4n) is 6.19. The topological polar surface area (TPSA) is 35.5 Å². The average molecular weight is 569 g/mol. The van der Waals surface area contributed by atoms with Crippen LogP contribution in [0.2, 0.25) is 0 Å². The first kappa shape index (κ1) is 34.5. The second kappa shape index (κ2) is 16.1. The van der Waals surface area contributed by atoms with E-state index in [1.807, 2.05) is 12.1 Å². The van der Waals surface area contributed by atoms with Gasteiger partial charge in [-0.15, -0.1) is 0 Å². The zero-order valence-electron chi connectivity index (χ0n) is 27.0. The van der Waals surface area contributed by atoms with Crippen LogP contribution in [0.25, 0.3) is 0 Å². The molecular weight excluding hydrogens is 511 g/mol. The van der Waals surface area contributed by atoms with Gasteiger partial charge in [0.1, 0.15) is 0 Å². The minimum Gasteiger partial charge on any atom is -0.543 e. The van der Waals surface area contributed by atoms with Crippen LogP contribution in [-0.4, -0.2) is 38.7 Å². The number of benzene rings is 2. The predicted octanol–water partition coefficient (Wildman–Crippen LogP) is 8.95. The third-order valence-electron chi connectivity index (χ3n) is 7.82. The Labute approximate surface area is 249 Å². The normalized spacial score (nSPS) is 15.3. The molecule has 224 valence electrons. The Bertz CT molecular complexity index is 942. The van der Waals surface area contributed by atoms with Gasteiger partial charge in [-0.25, -0.2) is 0 Å². The summed E-state index contributed by atoms with van der Waals surface area (Å²) in [4.78, 5) is 15.2. The summed E-state index contributed by atoms with van der Waals surface area (Å²) in [6.07, 6.45) is 5.87. The van der Waals surface area contributed by atoms with Gasteiger partial charge in [0.05, 0.1) is 5.75 Å². The van der Waals surface area contributed by atoms with Crippen molar-refractivity contribution in [3.63, 3.8) is 0 Å². The maximum absolute atomic E-state index is 12.7. The molecule has 0 heterocycles. The number of hydrogen-bond donors (Lipinski definition) is 0. The van der Waals surface area contributed by atoms with Gasteiger partial charge in [-0.2, -0.15) is 10.0 Å². The lowest BCUT2D eigenvalue weighted by Crippen LogP contribution is -2.24. The molecule has 3 nitrogen and oxygen atoms in total. The van der Waals surface area contributed by atoms with E-state index < -0.39 is 10.0 Å². The van der Waals surface area contributed by atoms with Crippen molar-refractivity contribution in [3.8, 4) is 0 Å². The SMILES string of the molecule is BOC(=O)CS(CCCOCC(CCC(C)CC(C)(C)C)C(C)CC(C)(C)C)(c1ccccc1)c1ccccc1. The highest BCUT2D eigenvalue weighted by Crippen LogP contribution is 2.62. The molecule has 3 unspecified atom stereocenters. The Kier molecular flexibility index (Phi) is 13.8. The Morgan fingerprint density at radius 3 is 1.82 bits per heavy atom. The highest BCUT2D eigenvalue weighted by atomic mass is 32.3. The van der Waals surface area contributed by atoms with Crippen LogP contribution in [0.15, 0.2) is 70.5 Å². The predicted molar refractivity (Wildman–Crippen MR) is 176 cm³/mol. The average Bonchev–Trinajstić information content (AvgIpc) is 2.88. The molecule has 0 saturated carbocycles. The first-order valence-corrected chi connectivity index (χ1v) is 17.3. The molecular formula is C35H57BO3S. The maximum atomic E-state index is 12.7. The van der Waals surface area contributed by atoms with Gasteiger partial charge in [-0.1, -0.05) is 98.2 Å². The third kappa shape index (κ3) is 12.0. The highest BCUT2D eigenvalue weighted by molar-refractivity contribution is 8.34. The summed E-state index contributed by atoms with van der Waals surface area (Å²) in [6.45, 7) is 20.4. The van der Waals surface area contributed by atoms with E-state index in [9.17, 15) is 4.79 Å². The van der Waals surface area contributed by atoms with Crippen molar-refractivity contribution >= 4 is 24.0 Å². The molecule has 2 rings (SSSR count). The smallest absolute Gasteiger partial charge is 0.326 e. The molecule has 0 fully saturated rings. The van der Waals surface area contributed by atoms with Crippen LogP contribution in [0.1, 0.15) is 87.5 Å². The first-order valence-electron chi connectivity index (χ1n) is 15.3. The van der Waals surface area contributed by atoms with Crippen LogP contribution in [0, 0.1) is 28.6 Å². The number of rotatable bonds is 16. The minimum absolute atomic E-state index is 0.149. The second-order valence-corrected chi connectivity index (χ2v) is 17.7. The van der Waals surface area contributed by atoms with E-state index in [2.05, 4.69) is 104 Å². The molecule has 40 heavy (non-hydrogen) atoms. The van der Waals surface area contributed by atoms with E-state index >= 15 is 0 Å². The lowest BCUT2D eigenvalue weighted by Gasteiger charge is -2.40. The van der Waals surface area contributed by atoms with Crippen molar-refractivity contribution in [2.24, 2.45) is 28.6 Å². The number of carbonyl (C=O) groups excluding carboxylic acids is 1. The lowest BCUT2D eigenvalue weighted by molar-refractivity contribution is -0.131. The molecule has 2 aromatic carbocycles. The van der Waals surface area contributed by atoms with Gasteiger partial charge in [0.15, 0.2) is 0 Å². The fraction of sp³-hybridized carbons (Fsp3) is 0.629. The molecule has 0 radical (unpaired) electrons. The molecule has 3 atom stereocenters. The van der Waals surface area contributed by atoms with E-state index in [1.165, 1.54) is 43.5 Å². The maximum Gasteiger partial charge on any atom is 0.326 e. The molecule has 0 saturated heterocycles. The Balaban J connectivity index is 2.12. The lowest BCUT2D eigenvalue weighted by atomic mass is 9.76. The van der Waals surface area contributed by atoms with Crippen LogP contribution >= 0.6 is 10.0 Å². The zero-order chi connectivity index (χ0) is 29.8. The van der Waals surface area contributed by atoms with Crippen molar-refractivity contribution in [3.05, 3.63) is 60.7 Å². The molecule has 0 aliphatic carbocycles. The van der Waals surface area contributed by atoms with Crippen LogP contribution in [0.4, 0.5) is 0 Å². The van der Waals surface area contributed by atoms with E-state index in [-0.39, 0.29) is 5.97 Å². The zero-order valence-corrected chi connectivity index (χ0v) is 27.8. The molecule has 0 aliphatic rings. The second-order valence-electron chi connectivity index (χ2n) is 14.3. The van der Waals surface area contributed by atoms with Crippen molar-refractivity contribution in [1.82, 2.24) is 0 Å². The summed E-state index contributed by atoms with van der Waals surface area (Å²) in [5, 5.41) is 0. The van der Waals surface area contributed by atoms with Gasteiger partial charge in [0.25, 0.3) is 5.97 Å². The van der Waals surface area contributed by atoms with Crippen LogP contribution in [0.3, 0.4) is 0 Å². The van der Waals surface area contributed by atoms with E-state index in [1.54, 1.807) is 0 Å². The van der Waals surface area contributed by atoms with Gasteiger partial charge in [-0.05, 0) is 94.1 Å². The quantitative estimate of drug-likeness (QED) is 0.150. The van der Waals surface area contributed by atoms with Gasteiger partial charge in [0, 0.05) is 13.2 Å². The van der Waals surface area contributed by atoms with Crippen molar-refractivity contribution in [1.29, 1.82) is 0 Å². The van der Waals surface area contributed by atoms with E-state index in [0.717, 1.165) is 24.7 Å². The monoisotopic (exact) mass is 568 g/mol. The summed E-state index contributed by atoms with van der Waals surface area (Å²) in [7, 11) is -0.107. The van der Waals surface area contributed by atoms with Crippen LogP contribution in [0.5, 0.6) is 0 Å². The van der Waals surface area contributed by atoms with Crippen LogP contribution in [-0.2, 0) is 14.2 Å². The molecule has 2 aromatic rings. The summed E-state index contributed by atoms with van der Waals surface area (Å²) < 4.78 is 11.7. The summed E-state index contributed by atoms with van der Waals surface area (Å²) in [6, 6.07) is 21.1. The molecule has 0 aliphatic heterocycles.